The molecule has 1 aromatic rings. The molecule has 1 fully saturated rings. The predicted octanol–water partition coefficient (Wildman–Crippen LogP) is 3.21. The van der Waals surface area contributed by atoms with Crippen LogP contribution in [0.1, 0.15) is 37.8 Å². The molecule has 0 unspecified atom stereocenters. The van der Waals surface area contributed by atoms with E-state index < -0.39 is 0 Å². The largest absolute Gasteiger partial charge is 0.317 e. The second-order valence-electron chi connectivity index (χ2n) is 6.20. The van der Waals surface area contributed by atoms with E-state index in [1.54, 1.807) is 0 Å². The second kappa shape index (κ2) is 7.06. The maximum absolute atomic E-state index is 3.45. The van der Waals surface area contributed by atoms with Crippen LogP contribution in [0.15, 0.2) is 24.3 Å². The highest BCUT2D eigenvalue weighted by Gasteiger charge is 2.18. The minimum absolute atomic E-state index is 0.621. The Kier molecular flexibility index (Phi) is 5.41. The van der Waals surface area contributed by atoms with Crippen molar-refractivity contribution < 1.29 is 0 Å². The first-order valence-corrected chi connectivity index (χ1v) is 7.65. The van der Waals surface area contributed by atoms with Crippen molar-refractivity contribution in [3.05, 3.63) is 35.4 Å². The Morgan fingerprint density at radius 3 is 2.37 bits per heavy atom. The smallest absolute Gasteiger partial charge is 0.0236 e. The zero-order chi connectivity index (χ0) is 13.7. The third-order valence-electron chi connectivity index (χ3n) is 4.19. The van der Waals surface area contributed by atoms with Crippen molar-refractivity contribution in [2.45, 2.75) is 46.2 Å². The van der Waals surface area contributed by atoms with Crippen molar-refractivity contribution >= 4 is 0 Å². The highest BCUT2D eigenvalue weighted by Crippen LogP contribution is 2.17. The molecule has 1 N–H and O–H groups in total. The minimum Gasteiger partial charge on any atom is -0.317 e. The Morgan fingerprint density at radius 2 is 1.79 bits per heavy atom. The van der Waals surface area contributed by atoms with Crippen LogP contribution < -0.4 is 5.32 Å². The maximum Gasteiger partial charge on any atom is 0.0236 e. The standard InChI is InChI=1S/C17H28N2/c1-14(2)19(13-17-8-10-18-11-9-17)12-16-6-4-15(3)5-7-16/h4-7,14,17-18H,8-13H2,1-3H3. The lowest BCUT2D eigenvalue weighted by molar-refractivity contribution is 0.162. The van der Waals surface area contributed by atoms with E-state index in [1.165, 1.54) is 43.6 Å². The molecule has 1 aliphatic rings. The summed E-state index contributed by atoms with van der Waals surface area (Å²) in [4.78, 5) is 2.63. The van der Waals surface area contributed by atoms with Crippen LogP contribution in [0.25, 0.3) is 0 Å². The second-order valence-corrected chi connectivity index (χ2v) is 6.20. The average molecular weight is 260 g/mol. The highest BCUT2D eigenvalue weighted by molar-refractivity contribution is 5.21. The van der Waals surface area contributed by atoms with Crippen LogP contribution in [-0.2, 0) is 6.54 Å². The summed E-state index contributed by atoms with van der Waals surface area (Å²) in [6, 6.07) is 9.60. The first kappa shape index (κ1) is 14.5. The molecule has 2 heteroatoms. The van der Waals surface area contributed by atoms with Crippen LogP contribution in [0.4, 0.5) is 0 Å². The first-order chi connectivity index (χ1) is 9.15. The van der Waals surface area contributed by atoms with E-state index >= 15 is 0 Å². The molecule has 0 spiro atoms. The Balaban J connectivity index is 1.93. The molecular weight excluding hydrogens is 232 g/mol. The zero-order valence-electron chi connectivity index (χ0n) is 12.7. The lowest BCUT2D eigenvalue weighted by Gasteiger charge is -2.32. The summed E-state index contributed by atoms with van der Waals surface area (Å²) in [5, 5.41) is 3.45. The summed E-state index contributed by atoms with van der Waals surface area (Å²) in [6.45, 7) is 11.5. The molecule has 0 bridgehead atoms. The van der Waals surface area contributed by atoms with Crippen LogP contribution in [-0.4, -0.2) is 30.6 Å². The molecule has 2 nitrogen and oxygen atoms in total. The summed E-state index contributed by atoms with van der Waals surface area (Å²) in [6.07, 6.45) is 2.66. The lowest BCUT2D eigenvalue weighted by atomic mass is 9.96. The number of hydrogen-bond donors (Lipinski definition) is 1. The van der Waals surface area contributed by atoms with Gasteiger partial charge >= 0.3 is 0 Å². The van der Waals surface area contributed by atoms with Gasteiger partial charge in [0.1, 0.15) is 0 Å². The highest BCUT2D eigenvalue weighted by atomic mass is 15.1. The third kappa shape index (κ3) is 4.63. The van der Waals surface area contributed by atoms with Crippen LogP contribution in [0.5, 0.6) is 0 Å². The monoisotopic (exact) mass is 260 g/mol. The first-order valence-electron chi connectivity index (χ1n) is 7.65. The van der Waals surface area contributed by atoms with Crippen molar-refractivity contribution in [2.24, 2.45) is 5.92 Å². The Hall–Kier alpha value is -0.860. The zero-order valence-corrected chi connectivity index (χ0v) is 12.7. The molecule has 0 radical (unpaired) electrons. The topological polar surface area (TPSA) is 15.3 Å². The van der Waals surface area contributed by atoms with Crippen molar-refractivity contribution in [1.82, 2.24) is 10.2 Å². The Labute approximate surface area is 118 Å². The van der Waals surface area contributed by atoms with E-state index in [0.717, 1.165) is 12.5 Å². The molecule has 0 aliphatic carbocycles. The molecule has 0 amide bonds. The van der Waals surface area contributed by atoms with Crippen LogP contribution in [0, 0.1) is 12.8 Å². The summed E-state index contributed by atoms with van der Waals surface area (Å²) in [7, 11) is 0. The van der Waals surface area contributed by atoms with Gasteiger partial charge in [-0.3, -0.25) is 4.90 Å². The molecule has 1 aromatic carbocycles. The normalized spacial score (nSPS) is 17.3. The van der Waals surface area contributed by atoms with E-state index in [-0.39, 0.29) is 0 Å². The van der Waals surface area contributed by atoms with E-state index in [2.05, 4.69) is 55.3 Å². The van der Waals surface area contributed by atoms with Gasteiger partial charge in [0, 0.05) is 19.1 Å². The van der Waals surface area contributed by atoms with Crippen molar-refractivity contribution in [3.8, 4) is 0 Å². The SMILES string of the molecule is Cc1ccc(CN(CC2CCNCC2)C(C)C)cc1. The number of nitrogens with one attached hydrogen (secondary N) is 1. The van der Waals surface area contributed by atoms with Crippen LogP contribution in [0.2, 0.25) is 0 Å². The molecular formula is C17H28N2. The summed E-state index contributed by atoms with van der Waals surface area (Å²) >= 11 is 0. The van der Waals surface area contributed by atoms with Crippen LogP contribution in [0.3, 0.4) is 0 Å². The Bertz CT molecular complexity index is 363. The van der Waals surface area contributed by atoms with Gasteiger partial charge in [0.25, 0.3) is 0 Å². The van der Waals surface area contributed by atoms with E-state index in [4.69, 9.17) is 0 Å². The molecule has 1 saturated heterocycles. The Morgan fingerprint density at radius 1 is 1.16 bits per heavy atom. The maximum atomic E-state index is 3.45. The summed E-state index contributed by atoms with van der Waals surface area (Å²) in [5.41, 5.74) is 2.78. The molecule has 0 atom stereocenters. The lowest BCUT2D eigenvalue weighted by Crippen LogP contribution is -2.39. The fourth-order valence-corrected chi connectivity index (χ4v) is 2.78. The molecule has 106 valence electrons. The molecule has 0 aromatic heterocycles. The minimum atomic E-state index is 0.621. The third-order valence-corrected chi connectivity index (χ3v) is 4.19. The van der Waals surface area contributed by atoms with E-state index in [1.807, 2.05) is 0 Å². The fraction of sp³-hybridized carbons (Fsp3) is 0.647. The van der Waals surface area contributed by atoms with Crippen molar-refractivity contribution in [1.29, 1.82) is 0 Å². The van der Waals surface area contributed by atoms with Gasteiger partial charge < -0.3 is 5.32 Å². The quantitative estimate of drug-likeness (QED) is 0.874. The summed E-state index contributed by atoms with van der Waals surface area (Å²) < 4.78 is 0. The molecule has 19 heavy (non-hydrogen) atoms. The number of aryl methyl sites for hydroxylation is 1. The van der Waals surface area contributed by atoms with E-state index in [0.29, 0.717) is 6.04 Å². The molecule has 2 rings (SSSR count). The van der Waals surface area contributed by atoms with Gasteiger partial charge in [-0.05, 0) is 58.2 Å². The van der Waals surface area contributed by atoms with Gasteiger partial charge in [-0.25, -0.2) is 0 Å². The molecule has 1 aliphatic heterocycles. The number of nitrogens with zero attached hydrogens (tertiary/aromatic N) is 1. The average Bonchev–Trinajstić information content (AvgIpc) is 2.41. The van der Waals surface area contributed by atoms with Crippen LogP contribution >= 0.6 is 0 Å². The number of rotatable bonds is 5. The molecule has 1 heterocycles. The number of piperidine rings is 1. The van der Waals surface area contributed by atoms with Gasteiger partial charge in [0.15, 0.2) is 0 Å². The van der Waals surface area contributed by atoms with E-state index in [9.17, 15) is 0 Å². The molecule has 0 saturated carbocycles. The van der Waals surface area contributed by atoms with Gasteiger partial charge in [-0.1, -0.05) is 29.8 Å². The predicted molar refractivity (Wildman–Crippen MR) is 82.3 cm³/mol. The fourth-order valence-electron chi connectivity index (χ4n) is 2.78. The van der Waals surface area contributed by atoms with Gasteiger partial charge in [-0.2, -0.15) is 0 Å². The number of hydrogen-bond acceptors (Lipinski definition) is 2. The number of benzene rings is 1. The van der Waals surface area contributed by atoms with Crippen molar-refractivity contribution in [3.63, 3.8) is 0 Å². The van der Waals surface area contributed by atoms with Crippen molar-refractivity contribution in [2.75, 3.05) is 19.6 Å². The summed E-state index contributed by atoms with van der Waals surface area (Å²) in [5.74, 6) is 0.870. The van der Waals surface area contributed by atoms with Gasteiger partial charge in [0.05, 0.1) is 0 Å². The van der Waals surface area contributed by atoms with Gasteiger partial charge in [-0.15, -0.1) is 0 Å². The van der Waals surface area contributed by atoms with Gasteiger partial charge in [0.2, 0.25) is 0 Å².